The van der Waals surface area contributed by atoms with E-state index in [4.69, 9.17) is 4.98 Å². The molecule has 1 aliphatic carbocycles. The van der Waals surface area contributed by atoms with Crippen molar-refractivity contribution in [2.45, 2.75) is 32.6 Å². The molecule has 2 N–H and O–H groups in total. The van der Waals surface area contributed by atoms with E-state index >= 15 is 0 Å². The molecule has 1 fully saturated rings. The highest BCUT2D eigenvalue weighted by Gasteiger charge is 2.29. The van der Waals surface area contributed by atoms with Gasteiger partial charge in [0.15, 0.2) is 0 Å². The second-order valence-electron chi connectivity index (χ2n) is 7.38. The highest BCUT2D eigenvalue weighted by atomic mass is 32.2. The van der Waals surface area contributed by atoms with Gasteiger partial charge in [0.25, 0.3) is 5.56 Å². The number of hydrogen-bond acceptors (Lipinski definition) is 6. The first-order chi connectivity index (χ1) is 13.4. The SMILES string of the molecule is CCN(O)SNc1cc(-c2cc(C)c(=O)n(C)c2)c2nc(C3CC3)n(C)c2c1. The van der Waals surface area contributed by atoms with Gasteiger partial charge in [-0.2, -0.15) is 0 Å². The van der Waals surface area contributed by atoms with E-state index in [0.717, 1.165) is 50.3 Å². The standard InChI is InChI=1S/C20H25N5O2S/c1-5-25(27)28-22-15-9-16(14-8-12(2)20(26)23(3)11-14)18-17(10-15)24(4)19(21-18)13-6-7-13/h8-11,13,22,27H,5-7H2,1-4H3. The summed E-state index contributed by atoms with van der Waals surface area (Å²) in [5.41, 5.74) is 5.48. The Balaban J connectivity index is 1.89. The zero-order chi connectivity index (χ0) is 20.0. The maximum Gasteiger partial charge on any atom is 0.253 e. The molecule has 3 aromatic rings. The molecule has 0 saturated heterocycles. The summed E-state index contributed by atoms with van der Waals surface area (Å²) in [6, 6.07) is 6.01. The quantitative estimate of drug-likeness (QED) is 0.485. The van der Waals surface area contributed by atoms with Crippen molar-refractivity contribution in [3.8, 4) is 11.1 Å². The molecule has 1 aliphatic rings. The Bertz CT molecular complexity index is 1070. The van der Waals surface area contributed by atoms with Crippen LogP contribution in [0.15, 0.2) is 29.2 Å². The van der Waals surface area contributed by atoms with Crippen LogP contribution in [0.4, 0.5) is 5.69 Å². The van der Waals surface area contributed by atoms with Crippen LogP contribution in [0.1, 0.15) is 37.1 Å². The molecule has 2 heterocycles. The highest BCUT2D eigenvalue weighted by Crippen LogP contribution is 2.42. The Hall–Kier alpha value is -2.29. The molecular formula is C20H25N5O2S. The molecular weight excluding hydrogens is 374 g/mol. The monoisotopic (exact) mass is 399 g/mol. The minimum absolute atomic E-state index is 0.00314. The van der Waals surface area contributed by atoms with E-state index in [1.165, 1.54) is 12.8 Å². The topological polar surface area (TPSA) is 75.3 Å². The molecule has 0 amide bonds. The summed E-state index contributed by atoms with van der Waals surface area (Å²) < 4.78 is 8.12. The molecule has 148 valence electrons. The van der Waals surface area contributed by atoms with Gasteiger partial charge in [0, 0.05) is 55.1 Å². The van der Waals surface area contributed by atoms with E-state index in [1.807, 2.05) is 32.2 Å². The fraction of sp³-hybridized carbons (Fsp3) is 0.400. The number of aromatic nitrogens is 3. The van der Waals surface area contributed by atoms with E-state index in [9.17, 15) is 10.0 Å². The van der Waals surface area contributed by atoms with Gasteiger partial charge in [0.05, 0.1) is 23.2 Å². The van der Waals surface area contributed by atoms with Crippen molar-refractivity contribution in [3.63, 3.8) is 0 Å². The fourth-order valence-corrected chi connectivity index (χ4v) is 3.94. The third-order valence-corrected chi connectivity index (χ3v) is 5.97. The molecule has 0 unspecified atom stereocenters. The van der Waals surface area contributed by atoms with Gasteiger partial charge in [-0.1, -0.05) is 0 Å². The van der Waals surface area contributed by atoms with Gasteiger partial charge in [-0.05, 0) is 44.9 Å². The molecule has 1 saturated carbocycles. The average Bonchev–Trinajstić information content (AvgIpc) is 3.47. The number of hydrogen-bond donors (Lipinski definition) is 2. The minimum Gasteiger partial charge on any atom is -0.331 e. The summed E-state index contributed by atoms with van der Waals surface area (Å²) >= 11 is 1.14. The maximum atomic E-state index is 12.1. The van der Waals surface area contributed by atoms with E-state index < -0.39 is 0 Å². The van der Waals surface area contributed by atoms with Crippen LogP contribution in [0.3, 0.4) is 0 Å². The summed E-state index contributed by atoms with van der Waals surface area (Å²) in [4.78, 5) is 17.1. The summed E-state index contributed by atoms with van der Waals surface area (Å²) in [6.07, 6.45) is 4.22. The molecule has 7 nitrogen and oxygen atoms in total. The number of pyridine rings is 1. The highest BCUT2D eigenvalue weighted by molar-refractivity contribution is 7.98. The van der Waals surface area contributed by atoms with Crippen molar-refractivity contribution in [2.24, 2.45) is 14.1 Å². The number of anilines is 1. The van der Waals surface area contributed by atoms with Crippen molar-refractivity contribution in [3.05, 3.63) is 46.1 Å². The second kappa shape index (κ2) is 7.27. The number of aryl methyl sites for hydroxylation is 3. The Morgan fingerprint density at radius 1 is 1.32 bits per heavy atom. The lowest BCUT2D eigenvalue weighted by Gasteiger charge is -2.14. The molecule has 28 heavy (non-hydrogen) atoms. The van der Waals surface area contributed by atoms with E-state index in [0.29, 0.717) is 18.0 Å². The summed E-state index contributed by atoms with van der Waals surface area (Å²) in [7, 11) is 3.83. The summed E-state index contributed by atoms with van der Waals surface area (Å²) in [6.45, 7) is 4.21. The first-order valence-electron chi connectivity index (χ1n) is 9.46. The molecule has 0 atom stereocenters. The van der Waals surface area contributed by atoms with Crippen LogP contribution < -0.4 is 10.3 Å². The Kier molecular flexibility index (Phi) is 4.95. The number of nitrogens with zero attached hydrogens (tertiary/aromatic N) is 4. The third-order valence-electron chi connectivity index (χ3n) is 5.18. The van der Waals surface area contributed by atoms with Gasteiger partial charge in [0.1, 0.15) is 5.82 Å². The third kappa shape index (κ3) is 3.43. The van der Waals surface area contributed by atoms with Crippen LogP contribution in [0, 0.1) is 6.92 Å². The summed E-state index contributed by atoms with van der Waals surface area (Å²) in [5.74, 6) is 1.64. The number of imidazole rings is 1. The van der Waals surface area contributed by atoms with Gasteiger partial charge in [-0.15, -0.1) is 4.47 Å². The minimum atomic E-state index is 0.00314. The number of benzene rings is 1. The molecule has 4 rings (SSSR count). The predicted molar refractivity (Wildman–Crippen MR) is 113 cm³/mol. The number of nitrogens with one attached hydrogen (secondary N) is 1. The Morgan fingerprint density at radius 3 is 2.71 bits per heavy atom. The van der Waals surface area contributed by atoms with Crippen molar-refractivity contribution < 1.29 is 5.21 Å². The molecule has 2 aromatic heterocycles. The number of rotatable bonds is 6. The number of fused-ring (bicyclic) bond motifs is 1. The lowest BCUT2D eigenvalue weighted by atomic mass is 10.0. The van der Waals surface area contributed by atoms with E-state index in [-0.39, 0.29) is 5.56 Å². The Labute approximate surface area is 168 Å². The van der Waals surface area contributed by atoms with Gasteiger partial charge < -0.3 is 19.1 Å². The largest absolute Gasteiger partial charge is 0.331 e. The fourth-order valence-electron chi connectivity index (χ4n) is 3.49. The normalized spacial score (nSPS) is 14.2. The van der Waals surface area contributed by atoms with Crippen LogP contribution >= 0.6 is 12.1 Å². The van der Waals surface area contributed by atoms with Gasteiger partial charge in [0.2, 0.25) is 0 Å². The molecule has 8 heteroatoms. The van der Waals surface area contributed by atoms with Gasteiger partial charge in [-0.3, -0.25) is 4.79 Å². The number of hydroxylamine groups is 1. The molecule has 0 spiro atoms. The molecule has 0 bridgehead atoms. The van der Waals surface area contributed by atoms with Crippen molar-refractivity contribution in [1.82, 2.24) is 18.6 Å². The van der Waals surface area contributed by atoms with Gasteiger partial charge >= 0.3 is 0 Å². The summed E-state index contributed by atoms with van der Waals surface area (Å²) in [5, 5.41) is 9.74. The van der Waals surface area contributed by atoms with Crippen LogP contribution in [0.5, 0.6) is 0 Å². The van der Waals surface area contributed by atoms with Gasteiger partial charge in [-0.25, -0.2) is 4.98 Å². The van der Waals surface area contributed by atoms with Crippen molar-refractivity contribution in [2.75, 3.05) is 11.3 Å². The zero-order valence-corrected chi connectivity index (χ0v) is 17.4. The second-order valence-corrected chi connectivity index (χ2v) is 8.19. The van der Waals surface area contributed by atoms with E-state index in [1.54, 1.807) is 11.6 Å². The van der Waals surface area contributed by atoms with Crippen LogP contribution in [0.25, 0.3) is 22.2 Å². The maximum absolute atomic E-state index is 12.1. The van der Waals surface area contributed by atoms with Crippen molar-refractivity contribution in [1.29, 1.82) is 0 Å². The zero-order valence-electron chi connectivity index (χ0n) is 16.6. The van der Waals surface area contributed by atoms with E-state index in [2.05, 4.69) is 22.4 Å². The van der Waals surface area contributed by atoms with Crippen LogP contribution in [0.2, 0.25) is 0 Å². The molecule has 0 aliphatic heterocycles. The van der Waals surface area contributed by atoms with Crippen molar-refractivity contribution >= 4 is 28.9 Å². The lowest BCUT2D eigenvalue weighted by Crippen LogP contribution is -2.18. The molecule has 1 aromatic carbocycles. The first-order valence-corrected chi connectivity index (χ1v) is 10.2. The predicted octanol–water partition coefficient (Wildman–Crippen LogP) is 3.81. The Morgan fingerprint density at radius 2 is 2.07 bits per heavy atom. The molecule has 0 radical (unpaired) electrons. The lowest BCUT2D eigenvalue weighted by molar-refractivity contribution is 0.0230. The average molecular weight is 400 g/mol. The van der Waals surface area contributed by atoms with Crippen LogP contribution in [-0.4, -0.2) is 30.3 Å². The smallest absolute Gasteiger partial charge is 0.253 e. The van der Waals surface area contributed by atoms with Crippen LogP contribution in [-0.2, 0) is 14.1 Å². The first kappa shape index (κ1) is 19.0.